The van der Waals surface area contributed by atoms with Crippen molar-refractivity contribution < 1.29 is 5.21 Å². The lowest BCUT2D eigenvalue weighted by atomic mass is 10.2. The maximum absolute atomic E-state index is 8.29. The highest BCUT2D eigenvalue weighted by atomic mass is 16.4. The van der Waals surface area contributed by atoms with Crippen LogP contribution < -0.4 is 5.73 Å². The molecule has 0 aliphatic carbocycles. The molecule has 3 N–H and O–H groups in total. The maximum atomic E-state index is 8.29. The van der Waals surface area contributed by atoms with Crippen molar-refractivity contribution in [3.63, 3.8) is 0 Å². The molecule has 0 aliphatic rings. The number of rotatable bonds is 6. The Morgan fingerprint density at radius 3 is 2.62 bits per heavy atom. The summed E-state index contributed by atoms with van der Waals surface area (Å²) < 4.78 is 0. The summed E-state index contributed by atoms with van der Waals surface area (Å²) in [6.07, 6.45) is 1.61. The van der Waals surface area contributed by atoms with E-state index in [9.17, 15) is 0 Å². The fraction of sp³-hybridized carbons (Fsp3) is 0.889. The van der Waals surface area contributed by atoms with Crippen molar-refractivity contribution in [3.8, 4) is 0 Å². The normalized spacial score (nSPS) is 12.8. The van der Waals surface area contributed by atoms with Gasteiger partial charge in [0.05, 0.1) is 0 Å². The molecule has 0 bridgehead atoms. The van der Waals surface area contributed by atoms with Crippen LogP contribution in [0.3, 0.4) is 0 Å². The third-order valence-corrected chi connectivity index (χ3v) is 1.78. The molecule has 0 atom stereocenters. The molecule has 0 rings (SSSR count). The van der Waals surface area contributed by atoms with Gasteiger partial charge in [-0.05, 0) is 25.9 Å². The zero-order valence-electron chi connectivity index (χ0n) is 8.82. The molecule has 0 aromatic rings. The van der Waals surface area contributed by atoms with E-state index in [2.05, 4.69) is 31.0 Å². The summed E-state index contributed by atoms with van der Waals surface area (Å²) in [7, 11) is 2.09. The first-order valence-electron chi connectivity index (χ1n) is 4.71. The zero-order chi connectivity index (χ0) is 10.3. The summed E-state index contributed by atoms with van der Waals surface area (Å²) in [5.74, 6) is 1.01. The second-order valence-corrected chi connectivity index (χ2v) is 3.85. The number of nitrogens with two attached hydrogens (primary N) is 1. The van der Waals surface area contributed by atoms with Gasteiger partial charge in [-0.2, -0.15) is 0 Å². The number of nitrogens with zero attached hydrogens (tertiary/aromatic N) is 2. The van der Waals surface area contributed by atoms with Crippen molar-refractivity contribution >= 4 is 5.84 Å². The van der Waals surface area contributed by atoms with E-state index >= 15 is 0 Å². The molecule has 0 aliphatic heterocycles. The highest BCUT2D eigenvalue weighted by molar-refractivity contribution is 5.79. The van der Waals surface area contributed by atoms with Gasteiger partial charge in [-0.3, -0.25) is 0 Å². The topological polar surface area (TPSA) is 61.8 Å². The first-order chi connectivity index (χ1) is 6.06. The van der Waals surface area contributed by atoms with E-state index in [1.165, 1.54) is 0 Å². The Hall–Kier alpha value is -0.770. The Bertz CT molecular complexity index is 157. The largest absolute Gasteiger partial charge is 0.409 e. The minimum atomic E-state index is 0.318. The highest BCUT2D eigenvalue weighted by Crippen LogP contribution is 1.98. The molecule has 0 amide bonds. The summed E-state index contributed by atoms with van der Waals surface area (Å²) in [4.78, 5) is 2.26. The van der Waals surface area contributed by atoms with Crippen LogP contribution in [-0.4, -0.2) is 36.1 Å². The van der Waals surface area contributed by atoms with E-state index < -0.39 is 0 Å². The molecule has 4 heteroatoms. The molecule has 78 valence electrons. The van der Waals surface area contributed by atoms with Crippen LogP contribution in [0.5, 0.6) is 0 Å². The molecule has 0 aromatic heterocycles. The lowest BCUT2D eigenvalue weighted by Crippen LogP contribution is -2.25. The molecule has 0 spiro atoms. The Morgan fingerprint density at radius 1 is 1.54 bits per heavy atom. The zero-order valence-corrected chi connectivity index (χ0v) is 8.82. The van der Waals surface area contributed by atoms with E-state index in [1.54, 1.807) is 0 Å². The molecule has 0 fully saturated rings. The van der Waals surface area contributed by atoms with Crippen molar-refractivity contribution in [2.75, 3.05) is 20.1 Å². The molecule has 0 saturated heterocycles. The molecule has 0 saturated carbocycles. The van der Waals surface area contributed by atoms with Crippen LogP contribution in [0.1, 0.15) is 26.7 Å². The number of amidine groups is 1. The number of hydrogen-bond donors (Lipinski definition) is 2. The minimum Gasteiger partial charge on any atom is -0.409 e. The van der Waals surface area contributed by atoms with Gasteiger partial charge < -0.3 is 15.8 Å². The fourth-order valence-electron chi connectivity index (χ4n) is 1.29. The first kappa shape index (κ1) is 12.2. The highest BCUT2D eigenvalue weighted by Gasteiger charge is 2.01. The molecular formula is C9H21N3O. The summed E-state index contributed by atoms with van der Waals surface area (Å²) in [6.45, 7) is 6.48. The summed E-state index contributed by atoms with van der Waals surface area (Å²) in [6, 6.07) is 0. The van der Waals surface area contributed by atoms with E-state index in [-0.39, 0.29) is 0 Å². The Labute approximate surface area is 80.4 Å². The van der Waals surface area contributed by atoms with Crippen LogP contribution in [0.25, 0.3) is 0 Å². The van der Waals surface area contributed by atoms with E-state index in [4.69, 9.17) is 10.9 Å². The van der Waals surface area contributed by atoms with Gasteiger partial charge in [0.25, 0.3) is 0 Å². The number of oxime groups is 1. The van der Waals surface area contributed by atoms with E-state index in [0.717, 1.165) is 19.5 Å². The van der Waals surface area contributed by atoms with Gasteiger partial charge in [-0.1, -0.05) is 19.0 Å². The van der Waals surface area contributed by atoms with Crippen molar-refractivity contribution in [2.45, 2.75) is 26.7 Å². The lowest BCUT2D eigenvalue weighted by Gasteiger charge is -2.18. The van der Waals surface area contributed by atoms with Crippen LogP contribution in [0.15, 0.2) is 5.16 Å². The van der Waals surface area contributed by atoms with Gasteiger partial charge in [0.1, 0.15) is 5.84 Å². The van der Waals surface area contributed by atoms with Gasteiger partial charge in [-0.15, -0.1) is 0 Å². The second kappa shape index (κ2) is 6.71. The smallest absolute Gasteiger partial charge is 0.139 e. The van der Waals surface area contributed by atoms with Crippen LogP contribution in [0.4, 0.5) is 0 Å². The van der Waals surface area contributed by atoms with Gasteiger partial charge in [0.2, 0.25) is 0 Å². The predicted octanol–water partition coefficient (Wildman–Crippen LogP) is 1.10. The predicted molar refractivity (Wildman–Crippen MR) is 55.0 cm³/mol. The van der Waals surface area contributed by atoms with Gasteiger partial charge in [0.15, 0.2) is 0 Å². The standard InChI is InChI=1S/C9H21N3O/c1-8(2)7-12(3)6-4-5-9(10)11-13/h8,13H,4-7H2,1-3H3,(H2,10,11). The molecule has 0 radical (unpaired) electrons. The van der Waals surface area contributed by atoms with Gasteiger partial charge in [-0.25, -0.2) is 0 Å². The van der Waals surface area contributed by atoms with Crippen molar-refractivity contribution in [3.05, 3.63) is 0 Å². The average Bonchev–Trinajstić information content (AvgIpc) is 2.02. The lowest BCUT2D eigenvalue weighted by molar-refractivity contribution is 0.291. The third kappa shape index (κ3) is 7.59. The monoisotopic (exact) mass is 187 g/mol. The Kier molecular flexibility index (Phi) is 6.32. The molecule has 4 nitrogen and oxygen atoms in total. The second-order valence-electron chi connectivity index (χ2n) is 3.85. The Balaban J connectivity index is 3.42. The third-order valence-electron chi connectivity index (χ3n) is 1.78. The van der Waals surface area contributed by atoms with Crippen molar-refractivity contribution in [2.24, 2.45) is 16.8 Å². The SMILES string of the molecule is CC(C)CN(C)CCC/C(N)=N/O. The Morgan fingerprint density at radius 2 is 2.15 bits per heavy atom. The van der Waals surface area contributed by atoms with E-state index in [0.29, 0.717) is 18.2 Å². The maximum Gasteiger partial charge on any atom is 0.139 e. The van der Waals surface area contributed by atoms with E-state index in [1.807, 2.05) is 0 Å². The molecular weight excluding hydrogens is 166 g/mol. The summed E-state index contributed by atoms with van der Waals surface area (Å²) in [5.41, 5.74) is 5.34. The molecule has 0 aromatic carbocycles. The van der Waals surface area contributed by atoms with Crippen molar-refractivity contribution in [1.29, 1.82) is 0 Å². The fourth-order valence-corrected chi connectivity index (χ4v) is 1.29. The molecule has 0 heterocycles. The minimum absolute atomic E-state index is 0.318. The van der Waals surface area contributed by atoms with Gasteiger partial charge >= 0.3 is 0 Å². The van der Waals surface area contributed by atoms with Crippen LogP contribution >= 0.6 is 0 Å². The van der Waals surface area contributed by atoms with Crippen LogP contribution in [0.2, 0.25) is 0 Å². The average molecular weight is 187 g/mol. The quantitative estimate of drug-likeness (QED) is 0.283. The first-order valence-corrected chi connectivity index (χ1v) is 4.71. The number of hydrogen-bond acceptors (Lipinski definition) is 3. The molecule has 0 unspecified atom stereocenters. The summed E-state index contributed by atoms with van der Waals surface area (Å²) in [5, 5.41) is 11.2. The van der Waals surface area contributed by atoms with Crippen LogP contribution in [0, 0.1) is 5.92 Å². The molecule has 13 heavy (non-hydrogen) atoms. The van der Waals surface area contributed by atoms with Crippen LogP contribution in [-0.2, 0) is 0 Å². The van der Waals surface area contributed by atoms with Gasteiger partial charge in [0, 0.05) is 13.0 Å². The van der Waals surface area contributed by atoms with Crippen molar-refractivity contribution in [1.82, 2.24) is 4.90 Å². The summed E-state index contributed by atoms with van der Waals surface area (Å²) >= 11 is 0.